The summed E-state index contributed by atoms with van der Waals surface area (Å²) < 4.78 is 0. The van der Waals surface area contributed by atoms with Gasteiger partial charge in [0.05, 0.1) is 5.56 Å². The molecule has 1 unspecified atom stereocenters. The number of carboxylic acids is 1. The first-order chi connectivity index (χ1) is 8.75. The highest BCUT2D eigenvalue weighted by Crippen LogP contribution is 2.18. The average Bonchev–Trinajstić information content (AvgIpc) is 2.33. The Balaban J connectivity index is 2.01. The summed E-state index contributed by atoms with van der Waals surface area (Å²) in [6, 6.07) is 7.16. The molecule has 1 aliphatic carbocycles. The third-order valence-corrected chi connectivity index (χ3v) is 3.34. The average molecular weight is 242 g/mol. The van der Waals surface area contributed by atoms with E-state index in [4.69, 9.17) is 5.11 Å². The van der Waals surface area contributed by atoms with Crippen LogP contribution in [0.2, 0.25) is 0 Å². The summed E-state index contributed by atoms with van der Waals surface area (Å²) in [5, 5.41) is 8.84. The van der Waals surface area contributed by atoms with Gasteiger partial charge in [-0.3, -0.25) is 0 Å². The lowest BCUT2D eigenvalue weighted by Gasteiger charge is -2.12. The molecule has 94 valence electrons. The Labute approximate surface area is 108 Å². The number of aromatic carboxylic acids is 1. The van der Waals surface area contributed by atoms with E-state index in [9.17, 15) is 4.79 Å². The van der Waals surface area contributed by atoms with E-state index >= 15 is 0 Å². The molecule has 1 aromatic rings. The van der Waals surface area contributed by atoms with Gasteiger partial charge in [-0.25, -0.2) is 4.79 Å². The first-order valence-electron chi connectivity index (χ1n) is 6.56. The SMILES string of the molecule is O=C(O)c1ccc(CC2C#CCCCCC2)cc1. The van der Waals surface area contributed by atoms with Crippen molar-refractivity contribution < 1.29 is 9.90 Å². The molecule has 0 saturated carbocycles. The minimum Gasteiger partial charge on any atom is -0.478 e. The lowest BCUT2D eigenvalue weighted by molar-refractivity contribution is 0.0697. The van der Waals surface area contributed by atoms with Crippen molar-refractivity contribution in [2.45, 2.75) is 38.5 Å². The molecule has 0 saturated heterocycles. The van der Waals surface area contributed by atoms with E-state index in [1.165, 1.54) is 24.8 Å². The molecule has 0 aromatic heterocycles. The Morgan fingerprint density at radius 1 is 1.22 bits per heavy atom. The Kier molecular flexibility index (Phi) is 4.41. The van der Waals surface area contributed by atoms with Crippen molar-refractivity contribution in [1.29, 1.82) is 0 Å². The highest BCUT2D eigenvalue weighted by atomic mass is 16.4. The van der Waals surface area contributed by atoms with Crippen molar-refractivity contribution >= 4 is 5.97 Å². The second-order valence-corrected chi connectivity index (χ2v) is 4.82. The zero-order valence-electron chi connectivity index (χ0n) is 10.5. The van der Waals surface area contributed by atoms with Crippen LogP contribution in [0.5, 0.6) is 0 Å². The van der Waals surface area contributed by atoms with Crippen molar-refractivity contribution in [2.75, 3.05) is 0 Å². The van der Waals surface area contributed by atoms with Gasteiger partial charge >= 0.3 is 5.97 Å². The number of benzene rings is 1. The maximum atomic E-state index is 10.8. The Morgan fingerprint density at radius 3 is 2.72 bits per heavy atom. The summed E-state index contributed by atoms with van der Waals surface area (Å²) in [5.74, 6) is 6.15. The third-order valence-electron chi connectivity index (χ3n) is 3.34. The molecule has 2 heteroatoms. The fourth-order valence-corrected chi connectivity index (χ4v) is 2.29. The summed E-state index contributed by atoms with van der Waals surface area (Å²) in [7, 11) is 0. The van der Waals surface area contributed by atoms with Crippen LogP contribution in [-0.2, 0) is 6.42 Å². The standard InChI is InChI=1S/C16H18O2/c17-16(18)15-10-8-14(9-11-15)12-13-6-4-2-1-3-5-7-13/h8-11,13H,1-4,6,12H2,(H,17,18). The zero-order chi connectivity index (χ0) is 12.8. The maximum Gasteiger partial charge on any atom is 0.335 e. The molecule has 1 aliphatic rings. The van der Waals surface area contributed by atoms with Crippen molar-refractivity contribution in [3.8, 4) is 11.8 Å². The topological polar surface area (TPSA) is 37.3 Å². The molecule has 1 N–H and O–H groups in total. The molecular formula is C16H18O2. The minimum absolute atomic E-state index is 0.350. The summed E-state index contributed by atoms with van der Waals surface area (Å²) in [6.07, 6.45) is 6.89. The number of rotatable bonds is 3. The lowest BCUT2D eigenvalue weighted by atomic mass is 9.92. The first kappa shape index (κ1) is 12.7. The Hall–Kier alpha value is -1.75. The number of hydrogen-bond donors (Lipinski definition) is 1. The molecule has 0 amide bonds. The van der Waals surface area contributed by atoms with Crippen LogP contribution in [0, 0.1) is 17.8 Å². The van der Waals surface area contributed by atoms with E-state index in [1.54, 1.807) is 12.1 Å². The second-order valence-electron chi connectivity index (χ2n) is 4.82. The van der Waals surface area contributed by atoms with Crippen LogP contribution in [0.15, 0.2) is 24.3 Å². The first-order valence-corrected chi connectivity index (χ1v) is 6.56. The van der Waals surface area contributed by atoms with Crippen LogP contribution in [0.25, 0.3) is 0 Å². The summed E-state index contributed by atoms with van der Waals surface area (Å²) in [6.45, 7) is 0. The van der Waals surface area contributed by atoms with Gasteiger partial charge in [-0.05, 0) is 37.0 Å². The molecule has 0 aliphatic heterocycles. The predicted molar refractivity (Wildman–Crippen MR) is 71.5 cm³/mol. The van der Waals surface area contributed by atoms with E-state index in [2.05, 4.69) is 11.8 Å². The number of hydrogen-bond acceptors (Lipinski definition) is 1. The van der Waals surface area contributed by atoms with Gasteiger partial charge in [-0.1, -0.05) is 30.9 Å². The maximum absolute atomic E-state index is 10.8. The predicted octanol–water partition coefficient (Wildman–Crippen LogP) is 3.51. The summed E-state index contributed by atoms with van der Waals surface area (Å²) in [4.78, 5) is 10.8. The molecular weight excluding hydrogens is 224 g/mol. The van der Waals surface area contributed by atoms with E-state index in [1.807, 2.05) is 12.1 Å². The van der Waals surface area contributed by atoms with Crippen LogP contribution < -0.4 is 0 Å². The van der Waals surface area contributed by atoms with Gasteiger partial charge in [-0.2, -0.15) is 0 Å². The van der Waals surface area contributed by atoms with Crippen molar-refractivity contribution in [3.05, 3.63) is 35.4 Å². The van der Waals surface area contributed by atoms with E-state index in [-0.39, 0.29) is 0 Å². The molecule has 18 heavy (non-hydrogen) atoms. The van der Waals surface area contributed by atoms with Gasteiger partial charge in [0.2, 0.25) is 0 Å². The molecule has 2 rings (SSSR count). The lowest BCUT2D eigenvalue weighted by Crippen LogP contribution is -2.04. The van der Waals surface area contributed by atoms with Gasteiger partial charge < -0.3 is 5.11 Å². The number of carbonyl (C=O) groups is 1. The van der Waals surface area contributed by atoms with Crippen LogP contribution in [0.1, 0.15) is 48.0 Å². The van der Waals surface area contributed by atoms with Crippen LogP contribution in [-0.4, -0.2) is 11.1 Å². The monoisotopic (exact) mass is 242 g/mol. The number of carboxylic acid groups (broad SMARTS) is 1. The second kappa shape index (κ2) is 6.26. The van der Waals surface area contributed by atoms with Crippen molar-refractivity contribution in [2.24, 2.45) is 5.92 Å². The quantitative estimate of drug-likeness (QED) is 0.823. The Morgan fingerprint density at radius 2 is 2.00 bits per heavy atom. The van der Waals surface area contributed by atoms with E-state index < -0.39 is 5.97 Å². The molecule has 2 nitrogen and oxygen atoms in total. The van der Waals surface area contributed by atoms with Crippen molar-refractivity contribution in [3.63, 3.8) is 0 Å². The molecule has 1 atom stereocenters. The molecule has 0 fully saturated rings. The van der Waals surface area contributed by atoms with E-state index in [0.29, 0.717) is 11.5 Å². The van der Waals surface area contributed by atoms with Crippen LogP contribution in [0.4, 0.5) is 0 Å². The van der Waals surface area contributed by atoms with Gasteiger partial charge in [0.25, 0.3) is 0 Å². The molecule has 0 heterocycles. The smallest absolute Gasteiger partial charge is 0.335 e. The minimum atomic E-state index is -0.868. The highest BCUT2D eigenvalue weighted by molar-refractivity contribution is 5.87. The largest absolute Gasteiger partial charge is 0.478 e. The van der Waals surface area contributed by atoms with Crippen molar-refractivity contribution in [1.82, 2.24) is 0 Å². The van der Waals surface area contributed by atoms with Gasteiger partial charge in [0.1, 0.15) is 0 Å². The fraction of sp³-hybridized carbons (Fsp3) is 0.438. The molecule has 1 aromatic carbocycles. The zero-order valence-corrected chi connectivity index (χ0v) is 10.5. The van der Waals surface area contributed by atoms with Crippen LogP contribution in [0.3, 0.4) is 0 Å². The normalized spacial score (nSPS) is 19.2. The molecule has 0 spiro atoms. The van der Waals surface area contributed by atoms with Gasteiger partial charge in [0, 0.05) is 12.3 Å². The Bertz CT molecular complexity index is 462. The van der Waals surface area contributed by atoms with E-state index in [0.717, 1.165) is 19.3 Å². The summed E-state index contributed by atoms with van der Waals surface area (Å²) in [5.41, 5.74) is 1.53. The van der Waals surface area contributed by atoms with Gasteiger partial charge in [0.15, 0.2) is 0 Å². The van der Waals surface area contributed by atoms with Gasteiger partial charge in [-0.15, -0.1) is 5.92 Å². The summed E-state index contributed by atoms with van der Waals surface area (Å²) >= 11 is 0. The molecule has 0 bridgehead atoms. The molecule has 0 radical (unpaired) electrons. The fourth-order valence-electron chi connectivity index (χ4n) is 2.29. The third kappa shape index (κ3) is 3.63. The highest BCUT2D eigenvalue weighted by Gasteiger charge is 2.09. The van der Waals surface area contributed by atoms with Crippen LogP contribution >= 0.6 is 0 Å².